The lowest BCUT2D eigenvalue weighted by molar-refractivity contribution is 0.0953. The SMILES string of the molecule is CCCNC(=O)c1ccc(CCCc2cc(S(C)=O)ccc2OCc2ccccc2)cc1. The monoisotopic (exact) mass is 449 g/mol. The first-order valence-corrected chi connectivity index (χ1v) is 12.6. The Bertz CT molecular complexity index is 1030. The maximum atomic E-state index is 12.1. The van der Waals surface area contributed by atoms with Gasteiger partial charge in [0.15, 0.2) is 0 Å². The molecule has 0 aliphatic rings. The summed E-state index contributed by atoms with van der Waals surface area (Å²) < 4.78 is 18.1. The van der Waals surface area contributed by atoms with Crippen LogP contribution in [0.5, 0.6) is 5.75 Å². The predicted octanol–water partition coefficient (Wildman–Crippen LogP) is 5.32. The average molecular weight is 450 g/mol. The highest BCUT2D eigenvalue weighted by Crippen LogP contribution is 2.25. The molecule has 32 heavy (non-hydrogen) atoms. The number of hydrogen-bond donors (Lipinski definition) is 1. The molecule has 5 heteroatoms. The molecule has 4 nitrogen and oxygen atoms in total. The topological polar surface area (TPSA) is 55.4 Å². The molecule has 1 amide bonds. The van der Waals surface area contributed by atoms with E-state index in [2.05, 4.69) is 5.32 Å². The number of amides is 1. The minimum atomic E-state index is -1.03. The van der Waals surface area contributed by atoms with Gasteiger partial charge in [0.05, 0.1) is 0 Å². The van der Waals surface area contributed by atoms with E-state index in [0.29, 0.717) is 18.7 Å². The van der Waals surface area contributed by atoms with Crippen LogP contribution in [0.25, 0.3) is 0 Å². The minimum absolute atomic E-state index is 0.0250. The van der Waals surface area contributed by atoms with Gasteiger partial charge >= 0.3 is 0 Å². The molecule has 0 saturated carbocycles. The molecule has 168 valence electrons. The summed E-state index contributed by atoms with van der Waals surface area (Å²) in [4.78, 5) is 12.9. The van der Waals surface area contributed by atoms with Crippen LogP contribution >= 0.6 is 0 Å². The lowest BCUT2D eigenvalue weighted by atomic mass is 10.0. The fourth-order valence-electron chi connectivity index (χ4n) is 3.45. The highest BCUT2D eigenvalue weighted by atomic mass is 32.2. The molecule has 0 saturated heterocycles. The van der Waals surface area contributed by atoms with Crippen LogP contribution in [0.1, 0.15) is 46.8 Å². The van der Waals surface area contributed by atoms with Crippen LogP contribution in [0.3, 0.4) is 0 Å². The average Bonchev–Trinajstić information content (AvgIpc) is 2.82. The van der Waals surface area contributed by atoms with Gasteiger partial charge < -0.3 is 10.1 Å². The summed E-state index contributed by atoms with van der Waals surface area (Å²) in [6, 6.07) is 23.7. The Morgan fingerprint density at radius 3 is 2.38 bits per heavy atom. The third kappa shape index (κ3) is 7.06. The Balaban J connectivity index is 1.62. The summed E-state index contributed by atoms with van der Waals surface area (Å²) in [5.41, 5.74) is 4.07. The molecule has 1 unspecified atom stereocenters. The lowest BCUT2D eigenvalue weighted by Crippen LogP contribution is -2.23. The van der Waals surface area contributed by atoms with Crippen molar-refractivity contribution in [3.8, 4) is 5.75 Å². The fourth-order valence-corrected chi connectivity index (χ4v) is 4.02. The van der Waals surface area contributed by atoms with Crippen LogP contribution in [-0.2, 0) is 30.2 Å². The summed E-state index contributed by atoms with van der Waals surface area (Å²) in [6.07, 6.45) is 5.28. The van der Waals surface area contributed by atoms with Gasteiger partial charge in [0.25, 0.3) is 5.91 Å². The highest BCUT2D eigenvalue weighted by molar-refractivity contribution is 7.84. The van der Waals surface area contributed by atoms with Crippen LogP contribution in [0.15, 0.2) is 77.7 Å². The zero-order valence-electron chi connectivity index (χ0n) is 18.8. The quantitative estimate of drug-likeness (QED) is 0.431. The van der Waals surface area contributed by atoms with E-state index in [1.54, 1.807) is 6.26 Å². The second kappa shape index (κ2) is 12.2. The molecule has 1 atom stereocenters. The Hall–Kier alpha value is -2.92. The Labute approximate surface area is 193 Å². The van der Waals surface area contributed by atoms with Gasteiger partial charge in [0, 0.05) is 34.1 Å². The molecule has 1 N–H and O–H groups in total. The highest BCUT2D eigenvalue weighted by Gasteiger charge is 2.09. The molecule has 0 heterocycles. The zero-order chi connectivity index (χ0) is 22.8. The molecule has 3 aromatic carbocycles. The predicted molar refractivity (Wildman–Crippen MR) is 131 cm³/mol. The van der Waals surface area contributed by atoms with Gasteiger partial charge in [-0.15, -0.1) is 0 Å². The summed E-state index contributed by atoms with van der Waals surface area (Å²) in [6.45, 7) is 3.23. The van der Waals surface area contributed by atoms with E-state index in [-0.39, 0.29) is 5.91 Å². The maximum absolute atomic E-state index is 12.1. The van der Waals surface area contributed by atoms with Gasteiger partial charge in [-0.25, -0.2) is 0 Å². The number of carbonyl (C=O) groups excluding carboxylic acids is 1. The first-order valence-electron chi connectivity index (χ1n) is 11.1. The van der Waals surface area contributed by atoms with E-state index in [4.69, 9.17) is 4.74 Å². The van der Waals surface area contributed by atoms with Gasteiger partial charge in [-0.3, -0.25) is 9.00 Å². The Morgan fingerprint density at radius 2 is 1.69 bits per heavy atom. The van der Waals surface area contributed by atoms with Gasteiger partial charge in [-0.2, -0.15) is 0 Å². The van der Waals surface area contributed by atoms with E-state index in [0.717, 1.165) is 47.5 Å². The largest absolute Gasteiger partial charge is 0.489 e. The third-order valence-electron chi connectivity index (χ3n) is 5.26. The summed E-state index contributed by atoms with van der Waals surface area (Å²) in [7, 11) is -1.03. The van der Waals surface area contributed by atoms with E-state index >= 15 is 0 Å². The molecule has 3 rings (SSSR count). The number of hydrogen-bond acceptors (Lipinski definition) is 3. The standard InChI is InChI=1S/C27H31NO3S/c1-3-18-28-27(29)23-14-12-21(13-15-23)10-7-11-24-19-25(32(2)30)16-17-26(24)31-20-22-8-5-4-6-9-22/h4-6,8-9,12-17,19H,3,7,10-11,18,20H2,1-2H3,(H,28,29). The smallest absolute Gasteiger partial charge is 0.251 e. The normalized spacial score (nSPS) is 11.7. The van der Waals surface area contributed by atoms with Gasteiger partial charge in [-0.1, -0.05) is 49.4 Å². The van der Waals surface area contributed by atoms with Gasteiger partial charge in [0.2, 0.25) is 0 Å². The van der Waals surface area contributed by atoms with Crippen LogP contribution in [-0.4, -0.2) is 22.9 Å². The second-order valence-electron chi connectivity index (χ2n) is 7.80. The molecule has 0 aliphatic heterocycles. The van der Waals surface area contributed by atoms with Crippen molar-refractivity contribution in [2.75, 3.05) is 12.8 Å². The first kappa shape index (κ1) is 23.7. The molecule has 0 spiro atoms. The van der Waals surface area contributed by atoms with Crippen molar-refractivity contribution < 1.29 is 13.7 Å². The molecule has 3 aromatic rings. The van der Waals surface area contributed by atoms with Crippen LogP contribution in [0, 0.1) is 0 Å². The number of nitrogens with one attached hydrogen (secondary N) is 1. The summed E-state index contributed by atoms with van der Waals surface area (Å²) in [5.74, 6) is 0.814. The molecular formula is C27H31NO3S. The molecule has 0 bridgehead atoms. The van der Waals surface area contributed by atoms with Crippen molar-refractivity contribution >= 4 is 16.7 Å². The van der Waals surface area contributed by atoms with Crippen LogP contribution < -0.4 is 10.1 Å². The zero-order valence-corrected chi connectivity index (χ0v) is 19.6. The lowest BCUT2D eigenvalue weighted by Gasteiger charge is -2.13. The van der Waals surface area contributed by atoms with Crippen molar-refractivity contribution in [2.45, 2.75) is 44.1 Å². The van der Waals surface area contributed by atoms with Crippen molar-refractivity contribution in [1.82, 2.24) is 5.32 Å². The van der Waals surface area contributed by atoms with E-state index in [9.17, 15) is 9.00 Å². The molecule has 0 radical (unpaired) electrons. The minimum Gasteiger partial charge on any atom is -0.489 e. The molecule has 0 aliphatic carbocycles. The Kier molecular flexibility index (Phi) is 9.05. The molecule has 0 fully saturated rings. The Morgan fingerprint density at radius 1 is 0.938 bits per heavy atom. The van der Waals surface area contributed by atoms with Crippen molar-refractivity contribution in [3.05, 3.63) is 95.1 Å². The molecule has 0 aromatic heterocycles. The fraction of sp³-hybridized carbons (Fsp3) is 0.296. The number of benzene rings is 3. The van der Waals surface area contributed by atoms with Crippen LogP contribution in [0.2, 0.25) is 0 Å². The van der Waals surface area contributed by atoms with Gasteiger partial charge in [-0.05, 0) is 72.7 Å². The van der Waals surface area contributed by atoms with E-state index in [1.807, 2.05) is 79.7 Å². The van der Waals surface area contributed by atoms with E-state index < -0.39 is 10.8 Å². The second-order valence-corrected chi connectivity index (χ2v) is 9.18. The van der Waals surface area contributed by atoms with Gasteiger partial charge in [0.1, 0.15) is 12.4 Å². The van der Waals surface area contributed by atoms with E-state index in [1.165, 1.54) is 5.56 Å². The number of carbonyl (C=O) groups is 1. The number of aryl methyl sites for hydroxylation is 2. The first-order chi connectivity index (χ1) is 15.6. The van der Waals surface area contributed by atoms with Crippen molar-refractivity contribution in [2.24, 2.45) is 0 Å². The third-order valence-corrected chi connectivity index (χ3v) is 6.18. The number of ether oxygens (including phenoxy) is 1. The van der Waals surface area contributed by atoms with Crippen molar-refractivity contribution in [3.63, 3.8) is 0 Å². The summed E-state index contributed by atoms with van der Waals surface area (Å²) in [5, 5.41) is 2.90. The van der Waals surface area contributed by atoms with Crippen LogP contribution in [0.4, 0.5) is 0 Å². The van der Waals surface area contributed by atoms with Crippen molar-refractivity contribution in [1.29, 1.82) is 0 Å². The molecular weight excluding hydrogens is 418 g/mol. The number of rotatable bonds is 11. The summed E-state index contributed by atoms with van der Waals surface area (Å²) >= 11 is 0. The maximum Gasteiger partial charge on any atom is 0.251 e.